The first kappa shape index (κ1) is 9.21. The zero-order valence-corrected chi connectivity index (χ0v) is 6.90. The summed E-state index contributed by atoms with van der Waals surface area (Å²) >= 11 is 0. The van der Waals surface area contributed by atoms with E-state index in [2.05, 4.69) is 12.2 Å². The SMILES string of the molecule is CCCN/C=C(/C)C(C)=O. The predicted octanol–water partition coefficient (Wildman–Crippen LogP) is 1.48. The summed E-state index contributed by atoms with van der Waals surface area (Å²) in [4.78, 5) is 10.6. The van der Waals surface area contributed by atoms with Crippen LogP contribution >= 0.6 is 0 Å². The van der Waals surface area contributed by atoms with Gasteiger partial charge in [0.25, 0.3) is 0 Å². The molecule has 0 aromatic rings. The molecule has 0 aliphatic rings. The van der Waals surface area contributed by atoms with Crippen LogP contribution in [0.1, 0.15) is 27.2 Å². The Labute approximate surface area is 62.3 Å². The van der Waals surface area contributed by atoms with Crippen molar-refractivity contribution in [3.8, 4) is 0 Å². The summed E-state index contributed by atoms with van der Waals surface area (Å²) in [5.41, 5.74) is 0.786. The van der Waals surface area contributed by atoms with Gasteiger partial charge in [0.2, 0.25) is 0 Å². The number of carbonyl (C=O) groups is 1. The summed E-state index contributed by atoms with van der Waals surface area (Å²) in [5.74, 6) is 0.128. The highest BCUT2D eigenvalue weighted by molar-refractivity contribution is 5.92. The van der Waals surface area contributed by atoms with Crippen molar-refractivity contribution in [3.05, 3.63) is 11.8 Å². The summed E-state index contributed by atoms with van der Waals surface area (Å²) < 4.78 is 0. The monoisotopic (exact) mass is 141 g/mol. The maximum absolute atomic E-state index is 10.6. The van der Waals surface area contributed by atoms with Gasteiger partial charge in [0, 0.05) is 18.3 Å². The van der Waals surface area contributed by atoms with Gasteiger partial charge in [-0.25, -0.2) is 0 Å². The number of rotatable bonds is 4. The number of hydrogen-bond donors (Lipinski definition) is 1. The third kappa shape index (κ3) is 4.13. The first-order valence-corrected chi connectivity index (χ1v) is 3.59. The summed E-state index contributed by atoms with van der Waals surface area (Å²) in [6, 6.07) is 0. The van der Waals surface area contributed by atoms with E-state index < -0.39 is 0 Å². The lowest BCUT2D eigenvalue weighted by atomic mass is 10.2. The van der Waals surface area contributed by atoms with Crippen molar-refractivity contribution < 1.29 is 4.79 Å². The Hall–Kier alpha value is -0.790. The van der Waals surface area contributed by atoms with Crippen LogP contribution in [0.5, 0.6) is 0 Å². The minimum Gasteiger partial charge on any atom is -0.391 e. The summed E-state index contributed by atoms with van der Waals surface area (Å²) in [6.45, 7) is 6.40. The molecule has 58 valence electrons. The molecule has 0 unspecified atom stereocenters. The zero-order valence-electron chi connectivity index (χ0n) is 6.90. The van der Waals surface area contributed by atoms with E-state index in [0.717, 1.165) is 18.5 Å². The molecular formula is C8H15NO. The van der Waals surface area contributed by atoms with Crippen LogP contribution in [0.2, 0.25) is 0 Å². The first-order chi connectivity index (χ1) is 4.68. The standard InChI is InChI=1S/C8H15NO/c1-4-5-9-6-7(2)8(3)10/h6,9H,4-5H2,1-3H3/b7-6-. The average molecular weight is 141 g/mol. The number of allylic oxidation sites excluding steroid dienone is 1. The molecule has 0 saturated heterocycles. The Morgan fingerprint density at radius 3 is 2.50 bits per heavy atom. The van der Waals surface area contributed by atoms with Gasteiger partial charge in [0.05, 0.1) is 0 Å². The molecule has 0 aromatic carbocycles. The van der Waals surface area contributed by atoms with E-state index in [4.69, 9.17) is 0 Å². The molecule has 0 saturated carbocycles. The quantitative estimate of drug-likeness (QED) is 0.474. The summed E-state index contributed by atoms with van der Waals surface area (Å²) in [7, 11) is 0. The first-order valence-electron chi connectivity index (χ1n) is 3.59. The highest BCUT2D eigenvalue weighted by Crippen LogP contribution is 1.90. The van der Waals surface area contributed by atoms with E-state index in [9.17, 15) is 4.79 Å². The Balaban J connectivity index is 3.58. The van der Waals surface area contributed by atoms with Crippen LogP contribution in [0.3, 0.4) is 0 Å². The van der Waals surface area contributed by atoms with E-state index >= 15 is 0 Å². The van der Waals surface area contributed by atoms with Gasteiger partial charge in [-0.3, -0.25) is 4.79 Å². The largest absolute Gasteiger partial charge is 0.391 e. The van der Waals surface area contributed by atoms with Crippen LogP contribution in [0.4, 0.5) is 0 Å². The molecule has 0 atom stereocenters. The molecule has 0 fully saturated rings. The minimum atomic E-state index is 0.128. The highest BCUT2D eigenvalue weighted by atomic mass is 16.1. The maximum atomic E-state index is 10.6. The molecule has 0 spiro atoms. The van der Waals surface area contributed by atoms with Crippen molar-refractivity contribution in [1.29, 1.82) is 0 Å². The van der Waals surface area contributed by atoms with Crippen molar-refractivity contribution in [3.63, 3.8) is 0 Å². The van der Waals surface area contributed by atoms with Gasteiger partial charge < -0.3 is 5.32 Å². The van der Waals surface area contributed by atoms with Crippen molar-refractivity contribution in [2.24, 2.45) is 0 Å². The van der Waals surface area contributed by atoms with Crippen molar-refractivity contribution in [1.82, 2.24) is 5.32 Å². The number of carbonyl (C=O) groups excluding carboxylic acids is 1. The maximum Gasteiger partial charge on any atom is 0.156 e. The Morgan fingerprint density at radius 1 is 1.50 bits per heavy atom. The van der Waals surface area contributed by atoms with Crippen LogP contribution < -0.4 is 5.32 Å². The number of nitrogens with one attached hydrogen (secondary N) is 1. The molecule has 10 heavy (non-hydrogen) atoms. The lowest BCUT2D eigenvalue weighted by Gasteiger charge is -1.97. The minimum absolute atomic E-state index is 0.128. The average Bonchev–Trinajstić information content (AvgIpc) is 1.88. The van der Waals surface area contributed by atoms with Crippen LogP contribution in [0.15, 0.2) is 11.8 Å². The fourth-order valence-corrected chi connectivity index (χ4v) is 0.471. The van der Waals surface area contributed by atoms with Gasteiger partial charge in [-0.15, -0.1) is 0 Å². The molecule has 0 bridgehead atoms. The van der Waals surface area contributed by atoms with Crippen LogP contribution in [-0.4, -0.2) is 12.3 Å². The summed E-state index contributed by atoms with van der Waals surface area (Å²) in [6.07, 6.45) is 2.85. The number of ketones is 1. The van der Waals surface area contributed by atoms with E-state index in [1.54, 1.807) is 13.1 Å². The fourth-order valence-electron chi connectivity index (χ4n) is 0.471. The van der Waals surface area contributed by atoms with E-state index in [1.165, 1.54) is 0 Å². The normalized spacial score (nSPS) is 11.3. The van der Waals surface area contributed by atoms with Gasteiger partial charge >= 0.3 is 0 Å². The van der Waals surface area contributed by atoms with E-state index in [-0.39, 0.29) is 5.78 Å². The topological polar surface area (TPSA) is 29.1 Å². The molecular weight excluding hydrogens is 126 g/mol. The number of Topliss-reactive ketones (excluding diaryl/α,β-unsaturated/α-hetero) is 1. The van der Waals surface area contributed by atoms with Crippen LogP contribution in [0.25, 0.3) is 0 Å². The molecule has 0 rings (SSSR count). The van der Waals surface area contributed by atoms with Crippen molar-refractivity contribution >= 4 is 5.78 Å². The Kier molecular flexibility index (Phi) is 4.63. The van der Waals surface area contributed by atoms with Gasteiger partial charge in [-0.1, -0.05) is 6.92 Å². The van der Waals surface area contributed by atoms with E-state index in [1.807, 2.05) is 6.92 Å². The second kappa shape index (κ2) is 5.03. The molecule has 2 heteroatoms. The van der Waals surface area contributed by atoms with Gasteiger partial charge in [-0.2, -0.15) is 0 Å². The van der Waals surface area contributed by atoms with Crippen LogP contribution in [-0.2, 0) is 4.79 Å². The molecule has 0 radical (unpaired) electrons. The molecule has 1 N–H and O–H groups in total. The lowest BCUT2D eigenvalue weighted by Crippen LogP contribution is -2.08. The fraction of sp³-hybridized carbons (Fsp3) is 0.625. The van der Waals surface area contributed by atoms with Gasteiger partial charge in [0.15, 0.2) is 5.78 Å². The molecule has 2 nitrogen and oxygen atoms in total. The molecule has 0 aliphatic heterocycles. The smallest absolute Gasteiger partial charge is 0.156 e. The van der Waals surface area contributed by atoms with Crippen molar-refractivity contribution in [2.75, 3.05) is 6.54 Å². The third-order valence-electron chi connectivity index (χ3n) is 1.27. The van der Waals surface area contributed by atoms with Gasteiger partial charge in [0.1, 0.15) is 0 Å². The molecule has 0 aliphatic carbocycles. The predicted molar refractivity (Wildman–Crippen MR) is 42.7 cm³/mol. The highest BCUT2D eigenvalue weighted by Gasteiger charge is 1.92. The van der Waals surface area contributed by atoms with E-state index in [0.29, 0.717) is 0 Å². The van der Waals surface area contributed by atoms with Crippen molar-refractivity contribution in [2.45, 2.75) is 27.2 Å². The Bertz CT molecular complexity index is 138. The number of hydrogen-bond acceptors (Lipinski definition) is 2. The molecule has 0 aromatic heterocycles. The lowest BCUT2D eigenvalue weighted by molar-refractivity contribution is -0.113. The second-order valence-corrected chi connectivity index (χ2v) is 2.34. The summed E-state index contributed by atoms with van der Waals surface area (Å²) in [5, 5.41) is 3.03. The zero-order chi connectivity index (χ0) is 7.98. The molecule has 0 amide bonds. The Morgan fingerprint density at radius 2 is 2.10 bits per heavy atom. The molecule has 0 heterocycles. The van der Waals surface area contributed by atoms with Gasteiger partial charge in [-0.05, 0) is 20.3 Å². The van der Waals surface area contributed by atoms with Crippen LogP contribution in [0, 0.1) is 0 Å². The second-order valence-electron chi connectivity index (χ2n) is 2.34. The third-order valence-corrected chi connectivity index (χ3v) is 1.27.